The van der Waals surface area contributed by atoms with E-state index >= 15 is 0 Å². The molecule has 80 valence electrons. The molecular formula is C12H16N2S. The van der Waals surface area contributed by atoms with Crippen LogP contribution in [-0.4, -0.2) is 29.3 Å². The summed E-state index contributed by atoms with van der Waals surface area (Å²) in [6.07, 6.45) is 3.29. The van der Waals surface area contributed by atoms with Crippen LogP contribution in [0.1, 0.15) is 17.5 Å². The highest BCUT2D eigenvalue weighted by molar-refractivity contribution is 7.98. The molecule has 2 nitrogen and oxygen atoms in total. The van der Waals surface area contributed by atoms with Crippen LogP contribution in [0, 0.1) is 5.41 Å². The number of nitrogens with one attached hydrogen (secondary N) is 1. The molecule has 3 heteroatoms. The zero-order valence-electron chi connectivity index (χ0n) is 8.99. The van der Waals surface area contributed by atoms with Crippen molar-refractivity contribution < 1.29 is 0 Å². The van der Waals surface area contributed by atoms with Crippen LogP contribution in [0.3, 0.4) is 0 Å². The Hall–Kier alpha value is -0.960. The fraction of sp³-hybridized carbons (Fsp3) is 0.417. The minimum atomic E-state index is 0.701. The molecule has 0 unspecified atom stereocenters. The highest BCUT2D eigenvalue weighted by atomic mass is 32.2. The quantitative estimate of drug-likeness (QED) is 0.790. The maximum Gasteiger partial charge on any atom is 0.128 e. The average Bonchev–Trinajstić information content (AvgIpc) is 2.57. The Morgan fingerprint density at radius 2 is 2.20 bits per heavy atom. The van der Waals surface area contributed by atoms with Crippen molar-refractivity contribution in [3.05, 3.63) is 35.4 Å². The Bertz CT molecular complexity index is 362. The maximum atomic E-state index is 8.04. The zero-order valence-corrected chi connectivity index (χ0v) is 9.81. The van der Waals surface area contributed by atoms with E-state index in [0.29, 0.717) is 5.84 Å². The highest BCUT2D eigenvalue weighted by Crippen LogP contribution is 2.22. The lowest BCUT2D eigenvalue weighted by atomic mass is 10.1. The second kappa shape index (κ2) is 4.71. The molecule has 1 N–H and O–H groups in total. The van der Waals surface area contributed by atoms with Crippen molar-refractivity contribution >= 4 is 17.6 Å². The zero-order chi connectivity index (χ0) is 10.7. The van der Waals surface area contributed by atoms with Crippen molar-refractivity contribution in [3.8, 4) is 0 Å². The number of hydrogen-bond acceptors (Lipinski definition) is 2. The fourth-order valence-electron chi connectivity index (χ4n) is 1.93. The summed E-state index contributed by atoms with van der Waals surface area (Å²) in [5, 5.41) is 8.04. The van der Waals surface area contributed by atoms with Crippen molar-refractivity contribution in [2.45, 2.75) is 13.0 Å². The third kappa shape index (κ3) is 2.17. The van der Waals surface area contributed by atoms with Gasteiger partial charge >= 0.3 is 0 Å². The van der Waals surface area contributed by atoms with Crippen LogP contribution in [0.15, 0.2) is 24.3 Å². The normalized spacial score (nSPS) is 14.5. The number of fused-ring (bicyclic) bond motifs is 1. The van der Waals surface area contributed by atoms with Gasteiger partial charge in [-0.15, -0.1) is 0 Å². The lowest BCUT2D eigenvalue weighted by Crippen LogP contribution is -2.25. The summed E-state index contributed by atoms with van der Waals surface area (Å²) >= 11 is 1.87. The lowest BCUT2D eigenvalue weighted by molar-refractivity contribution is 0.428. The van der Waals surface area contributed by atoms with E-state index < -0.39 is 0 Å². The van der Waals surface area contributed by atoms with Gasteiger partial charge in [0.05, 0.1) is 0 Å². The average molecular weight is 220 g/mol. The number of benzene rings is 1. The Labute approximate surface area is 95.2 Å². The second-order valence-electron chi connectivity index (χ2n) is 3.77. The molecule has 0 spiro atoms. The molecule has 0 saturated carbocycles. The van der Waals surface area contributed by atoms with E-state index in [1.807, 2.05) is 23.9 Å². The number of nitrogens with zero attached hydrogens (tertiary/aromatic N) is 1. The van der Waals surface area contributed by atoms with E-state index in [4.69, 9.17) is 5.41 Å². The predicted molar refractivity (Wildman–Crippen MR) is 66.7 cm³/mol. The minimum Gasteiger partial charge on any atom is -0.352 e. The minimum absolute atomic E-state index is 0.701. The first-order valence-corrected chi connectivity index (χ1v) is 6.63. The van der Waals surface area contributed by atoms with Gasteiger partial charge in [-0.25, -0.2) is 0 Å². The molecule has 15 heavy (non-hydrogen) atoms. The molecular weight excluding hydrogens is 204 g/mol. The topological polar surface area (TPSA) is 27.1 Å². The molecule has 0 fully saturated rings. The molecule has 0 bridgehead atoms. The van der Waals surface area contributed by atoms with Gasteiger partial charge in [0.15, 0.2) is 0 Å². The number of thioether (sulfide) groups is 1. The van der Waals surface area contributed by atoms with E-state index in [-0.39, 0.29) is 0 Å². The number of hydrogen-bond donors (Lipinski definition) is 1. The third-order valence-electron chi connectivity index (χ3n) is 2.73. The van der Waals surface area contributed by atoms with Crippen molar-refractivity contribution in [2.75, 3.05) is 18.6 Å². The van der Waals surface area contributed by atoms with Crippen LogP contribution in [-0.2, 0) is 6.54 Å². The molecule has 0 aromatic heterocycles. The van der Waals surface area contributed by atoms with Crippen LogP contribution >= 0.6 is 11.8 Å². The van der Waals surface area contributed by atoms with E-state index in [2.05, 4.69) is 23.3 Å². The summed E-state index contributed by atoms with van der Waals surface area (Å²) in [6.45, 7) is 1.93. The third-order valence-corrected chi connectivity index (χ3v) is 3.42. The molecule has 2 rings (SSSR count). The first-order valence-electron chi connectivity index (χ1n) is 5.23. The molecule has 1 aromatic rings. The molecule has 0 atom stereocenters. The second-order valence-corrected chi connectivity index (χ2v) is 4.76. The standard InChI is InChI=1S/C12H16N2S/c1-15-8-4-7-14-9-10-5-2-3-6-11(10)12(14)13/h2-3,5-6,13H,4,7-9H2,1H3. The molecule has 1 aliphatic heterocycles. The van der Waals surface area contributed by atoms with Gasteiger partial charge < -0.3 is 4.90 Å². The Balaban J connectivity index is 2.01. The molecule has 0 aliphatic carbocycles. The highest BCUT2D eigenvalue weighted by Gasteiger charge is 2.22. The van der Waals surface area contributed by atoms with Crippen LogP contribution in [0.25, 0.3) is 0 Å². The Morgan fingerprint density at radius 1 is 1.40 bits per heavy atom. The van der Waals surface area contributed by atoms with Crippen LogP contribution < -0.4 is 0 Å². The SMILES string of the molecule is CSCCCN1Cc2ccccc2C1=N. The largest absolute Gasteiger partial charge is 0.352 e. The van der Waals surface area contributed by atoms with Crippen molar-refractivity contribution in [1.82, 2.24) is 4.90 Å². The number of rotatable bonds is 4. The van der Waals surface area contributed by atoms with E-state index in [1.54, 1.807) is 0 Å². The summed E-state index contributed by atoms with van der Waals surface area (Å²) < 4.78 is 0. The van der Waals surface area contributed by atoms with Crippen molar-refractivity contribution in [1.29, 1.82) is 5.41 Å². The van der Waals surface area contributed by atoms with Gasteiger partial charge in [-0.2, -0.15) is 11.8 Å². The molecule has 0 saturated heterocycles. The van der Waals surface area contributed by atoms with Gasteiger partial charge in [0.1, 0.15) is 5.84 Å². The molecule has 1 aliphatic rings. The lowest BCUT2D eigenvalue weighted by Gasteiger charge is -2.17. The van der Waals surface area contributed by atoms with Gasteiger partial charge in [-0.1, -0.05) is 24.3 Å². The summed E-state index contributed by atoms with van der Waals surface area (Å²) in [5.74, 6) is 1.88. The van der Waals surface area contributed by atoms with E-state index in [0.717, 1.165) is 25.1 Å². The summed E-state index contributed by atoms with van der Waals surface area (Å²) in [6, 6.07) is 8.24. The molecule has 1 aromatic carbocycles. The number of amidine groups is 1. The first kappa shape index (κ1) is 10.6. The monoisotopic (exact) mass is 220 g/mol. The van der Waals surface area contributed by atoms with Crippen LogP contribution in [0.5, 0.6) is 0 Å². The van der Waals surface area contributed by atoms with Gasteiger partial charge in [0.25, 0.3) is 0 Å². The van der Waals surface area contributed by atoms with Gasteiger partial charge in [0.2, 0.25) is 0 Å². The molecule has 0 amide bonds. The summed E-state index contributed by atoms with van der Waals surface area (Å²) in [5.41, 5.74) is 2.41. The Kier molecular flexibility index (Phi) is 3.31. The molecule has 0 radical (unpaired) electrons. The van der Waals surface area contributed by atoms with Crippen molar-refractivity contribution in [2.24, 2.45) is 0 Å². The van der Waals surface area contributed by atoms with Crippen molar-refractivity contribution in [3.63, 3.8) is 0 Å². The van der Waals surface area contributed by atoms with E-state index in [1.165, 1.54) is 11.3 Å². The van der Waals surface area contributed by atoms with Gasteiger partial charge in [-0.3, -0.25) is 5.41 Å². The molecule has 1 heterocycles. The van der Waals surface area contributed by atoms with Crippen LogP contribution in [0.4, 0.5) is 0 Å². The van der Waals surface area contributed by atoms with E-state index in [9.17, 15) is 0 Å². The summed E-state index contributed by atoms with van der Waals surface area (Å²) in [4.78, 5) is 2.17. The van der Waals surface area contributed by atoms with Gasteiger partial charge in [-0.05, 0) is 24.0 Å². The maximum absolute atomic E-state index is 8.04. The van der Waals surface area contributed by atoms with Gasteiger partial charge in [0, 0.05) is 18.7 Å². The predicted octanol–water partition coefficient (Wildman–Crippen LogP) is 2.58. The van der Waals surface area contributed by atoms with Crippen LogP contribution in [0.2, 0.25) is 0 Å². The fourth-order valence-corrected chi connectivity index (χ4v) is 2.35. The smallest absolute Gasteiger partial charge is 0.128 e. The first-order chi connectivity index (χ1) is 7.33. The Morgan fingerprint density at radius 3 is 2.93 bits per heavy atom. The summed E-state index contributed by atoms with van der Waals surface area (Å²) in [7, 11) is 0.